The summed E-state index contributed by atoms with van der Waals surface area (Å²) in [5, 5.41) is 2.81. The van der Waals surface area contributed by atoms with Gasteiger partial charge in [-0.1, -0.05) is 6.92 Å². The summed E-state index contributed by atoms with van der Waals surface area (Å²) in [5.41, 5.74) is 1.45. The number of hydrogen-bond donors (Lipinski definition) is 1. The van der Waals surface area contributed by atoms with Crippen LogP contribution in [0.25, 0.3) is 0 Å². The van der Waals surface area contributed by atoms with E-state index in [4.69, 9.17) is 4.74 Å². The van der Waals surface area contributed by atoms with Crippen molar-refractivity contribution in [1.82, 2.24) is 0 Å². The molecule has 0 bridgehead atoms. The molecule has 0 spiro atoms. The van der Waals surface area contributed by atoms with E-state index in [2.05, 4.69) is 5.32 Å². The van der Waals surface area contributed by atoms with Crippen molar-refractivity contribution < 1.29 is 14.3 Å². The van der Waals surface area contributed by atoms with Gasteiger partial charge in [-0.25, -0.2) is 0 Å². The quantitative estimate of drug-likeness (QED) is 0.908. The Morgan fingerprint density at radius 1 is 1.42 bits per heavy atom. The van der Waals surface area contributed by atoms with Crippen LogP contribution in [0.3, 0.4) is 0 Å². The van der Waals surface area contributed by atoms with E-state index in [1.165, 1.54) is 6.92 Å². The molecule has 1 aliphatic rings. The molecule has 0 saturated heterocycles. The van der Waals surface area contributed by atoms with Crippen LogP contribution in [0.5, 0.6) is 5.75 Å². The van der Waals surface area contributed by atoms with Crippen LogP contribution in [-0.4, -0.2) is 25.0 Å². The third-order valence-corrected chi connectivity index (χ3v) is 2.96. The predicted octanol–water partition coefficient (Wildman–Crippen LogP) is 2.17. The number of nitrogens with one attached hydrogen (secondary N) is 1. The van der Waals surface area contributed by atoms with Gasteiger partial charge in [-0.3, -0.25) is 9.59 Å². The molecule has 19 heavy (non-hydrogen) atoms. The molecule has 2 rings (SSSR count). The van der Waals surface area contributed by atoms with E-state index < -0.39 is 0 Å². The van der Waals surface area contributed by atoms with Gasteiger partial charge >= 0.3 is 0 Å². The summed E-state index contributed by atoms with van der Waals surface area (Å²) in [4.78, 5) is 24.7. The van der Waals surface area contributed by atoms with Crippen LogP contribution in [0.4, 0.5) is 11.4 Å². The second-order valence-corrected chi connectivity index (χ2v) is 4.50. The van der Waals surface area contributed by atoms with E-state index in [0.29, 0.717) is 31.0 Å². The van der Waals surface area contributed by atoms with Crippen molar-refractivity contribution in [2.45, 2.75) is 26.7 Å². The van der Waals surface area contributed by atoms with Gasteiger partial charge in [-0.05, 0) is 18.6 Å². The Labute approximate surface area is 112 Å². The van der Waals surface area contributed by atoms with Gasteiger partial charge in [-0.15, -0.1) is 0 Å². The van der Waals surface area contributed by atoms with Crippen molar-refractivity contribution in [3.8, 4) is 5.75 Å². The Kier molecular flexibility index (Phi) is 4.04. The highest BCUT2D eigenvalue weighted by molar-refractivity contribution is 5.95. The molecule has 0 radical (unpaired) electrons. The van der Waals surface area contributed by atoms with Crippen molar-refractivity contribution in [3.63, 3.8) is 0 Å². The van der Waals surface area contributed by atoms with Gasteiger partial charge in [0.05, 0.1) is 12.2 Å². The summed E-state index contributed by atoms with van der Waals surface area (Å²) < 4.78 is 5.54. The number of anilines is 2. The zero-order valence-electron chi connectivity index (χ0n) is 11.2. The molecule has 1 aromatic carbocycles. The van der Waals surface area contributed by atoms with Crippen molar-refractivity contribution in [2.24, 2.45) is 0 Å². The fourth-order valence-corrected chi connectivity index (χ4v) is 2.08. The molecule has 0 aliphatic carbocycles. The van der Waals surface area contributed by atoms with Crippen LogP contribution in [0.15, 0.2) is 18.2 Å². The van der Waals surface area contributed by atoms with Crippen molar-refractivity contribution in [1.29, 1.82) is 0 Å². The number of fused-ring (bicyclic) bond motifs is 1. The molecule has 1 N–H and O–H groups in total. The molecular weight excluding hydrogens is 244 g/mol. The lowest BCUT2D eigenvalue weighted by atomic mass is 10.2. The van der Waals surface area contributed by atoms with Gasteiger partial charge in [0.25, 0.3) is 0 Å². The number of carbonyl (C=O) groups excluding carboxylic acids is 2. The summed E-state index contributed by atoms with van der Waals surface area (Å²) in [7, 11) is 0. The minimum absolute atomic E-state index is 0.00711. The predicted molar refractivity (Wildman–Crippen MR) is 73.5 cm³/mol. The number of ether oxygens (including phenoxy) is 1. The minimum Gasteiger partial charge on any atom is -0.489 e. The van der Waals surface area contributed by atoms with E-state index in [1.54, 1.807) is 23.1 Å². The lowest BCUT2D eigenvalue weighted by molar-refractivity contribution is -0.117. The Morgan fingerprint density at radius 3 is 2.89 bits per heavy atom. The van der Waals surface area contributed by atoms with Gasteiger partial charge in [0.2, 0.25) is 11.8 Å². The largest absolute Gasteiger partial charge is 0.489 e. The standard InChI is InChI=1S/C14H18N2O3/c1-3-4-14(18)15-11-5-6-12-13(9-11)19-8-7-16(12)10(2)17/h5-6,9H,3-4,7-8H2,1-2H3,(H,15,18). The topological polar surface area (TPSA) is 58.6 Å². The first-order valence-electron chi connectivity index (χ1n) is 6.46. The first kappa shape index (κ1) is 13.4. The third kappa shape index (κ3) is 3.05. The van der Waals surface area contributed by atoms with Crippen LogP contribution in [0, 0.1) is 0 Å². The van der Waals surface area contributed by atoms with Crippen LogP contribution in [0.2, 0.25) is 0 Å². The average molecular weight is 262 g/mol. The number of rotatable bonds is 3. The molecule has 2 amide bonds. The smallest absolute Gasteiger partial charge is 0.224 e. The molecule has 0 unspecified atom stereocenters. The maximum Gasteiger partial charge on any atom is 0.224 e. The molecule has 5 heteroatoms. The van der Waals surface area contributed by atoms with Crippen LogP contribution in [-0.2, 0) is 9.59 Å². The van der Waals surface area contributed by atoms with Crippen molar-refractivity contribution in [2.75, 3.05) is 23.4 Å². The van der Waals surface area contributed by atoms with Crippen LogP contribution >= 0.6 is 0 Å². The number of benzene rings is 1. The Morgan fingerprint density at radius 2 is 2.21 bits per heavy atom. The number of amides is 2. The summed E-state index contributed by atoms with van der Waals surface area (Å²) >= 11 is 0. The zero-order chi connectivity index (χ0) is 13.8. The van der Waals surface area contributed by atoms with Gasteiger partial charge in [-0.2, -0.15) is 0 Å². The monoisotopic (exact) mass is 262 g/mol. The molecule has 102 valence electrons. The molecule has 5 nitrogen and oxygen atoms in total. The first-order chi connectivity index (χ1) is 9.11. The Balaban J connectivity index is 2.19. The SMILES string of the molecule is CCCC(=O)Nc1ccc2c(c1)OCCN2C(C)=O. The van der Waals surface area contributed by atoms with E-state index in [9.17, 15) is 9.59 Å². The van der Waals surface area contributed by atoms with Gasteiger partial charge in [0.15, 0.2) is 0 Å². The normalized spacial score (nSPS) is 13.5. The maximum absolute atomic E-state index is 11.5. The second kappa shape index (κ2) is 5.73. The van der Waals surface area contributed by atoms with Gasteiger partial charge in [0, 0.05) is 25.1 Å². The molecule has 0 atom stereocenters. The van der Waals surface area contributed by atoms with Gasteiger partial charge in [0.1, 0.15) is 12.4 Å². The first-order valence-corrected chi connectivity index (χ1v) is 6.46. The lowest BCUT2D eigenvalue weighted by Crippen LogP contribution is -2.36. The highest BCUT2D eigenvalue weighted by atomic mass is 16.5. The zero-order valence-corrected chi connectivity index (χ0v) is 11.2. The summed E-state index contributed by atoms with van der Waals surface area (Å²) in [6, 6.07) is 5.35. The Bertz CT molecular complexity index is 499. The van der Waals surface area contributed by atoms with E-state index >= 15 is 0 Å². The number of hydrogen-bond acceptors (Lipinski definition) is 3. The molecule has 0 fully saturated rings. The third-order valence-electron chi connectivity index (χ3n) is 2.96. The van der Waals surface area contributed by atoms with Crippen LogP contribution in [0.1, 0.15) is 26.7 Å². The minimum atomic E-state index is -0.0123. The van der Waals surface area contributed by atoms with E-state index in [1.807, 2.05) is 6.92 Å². The summed E-state index contributed by atoms with van der Waals surface area (Å²) in [5.74, 6) is 0.616. The van der Waals surface area contributed by atoms with Crippen LogP contribution < -0.4 is 15.0 Å². The van der Waals surface area contributed by atoms with Crippen molar-refractivity contribution >= 4 is 23.2 Å². The fraction of sp³-hybridized carbons (Fsp3) is 0.429. The highest BCUT2D eigenvalue weighted by Crippen LogP contribution is 2.34. The van der Waals surface area contributed by atoms with Gasteiger partial charge < -0.3 is 15.0 Å². The maximum atomic E-state index is 11.5. The highest BCUT2D eigenvalue weighted by Gasteiger charge is 2.21. The number of nitrogens with zero attached hydrogens (tertiary/aromatic N) is 1. The molecule has 0 aromatic heterocycles. The van der Waals surface area contributed by atoms with E-state index in [0.717, 1.165) is 12.1 Å². The fourth-order valence-electron chi connectivity index (χ4n) is 2.08. The molecular formula is C14H18N2O3. The molecule has 0 saturated carbocycles. The molecule has 1 aromatic rings. The second-order valence-electron chi connectivity index (χ2n) is 4.50. The summed E-state index contributed by atoms with van der Waals surface area (Å²) in [6.07, 6.45) is 1.31. The van der Waals surface area contributed by atoms with E-state index in [-0.39, 0.29) is 11.8 Å². The molecule has 1 aliphatic heterocycles. The average Bonchev–Trinajstić information content (AvgIpc) is 2.37. The van der Waals surface area contributed by atoms with Crippen molar-refractivity contribution in [3.05, 3.63) is 18.2 Å². The number of carbonyl (C=O) groups is 2. The Hall–Kier alpha value is -2.04. The lowest BCUT2D eigenvalue weighted by Gasteiger charge is -2.29. The summed E-state index contributed by atoms with van der Waals surface area (Å²) in [6.45, 7) is 4.52. The molecule has 1 heterocycles.